The Morgan fingerprint density at radius 1 is 1.29 bits per heavy atom. The highest BCUT2D eigenvalue weighted by Crippen LogP contribution is 2.18. The Kier molecular flexibility index (Phi) is 4.31. The topological polar surface area (TPSA) is 21.3 Å². The molecule has 1 N–H and O–H groups in total. The summed E-state index contributed by atoms with van der Waals surface area (Å²) >= 11 is 0. The van der Waals surface area contributed by atoms with Crippen LogP contribution in [0.4, 0.5) is 8.78 Å². The van der Waals surface area contributed by atoms with E-state index in [1.54, 1.807) is 0 Å². The molecule has 94 valence electrons. The van der Waals surface area contributed by atoms with Crippen LogP contribution >= 0.6 is 0 Å². The van der Waals surface area contributed by atoms with Crippen LogP contribution in [0.15, 0.2) is 18.2 Å². The van der Waals surface area contributed by atoms with Gasteiger partial charge < -0.3 is 10.1 Å². The first-order valence-corrected chi connectivity index (χ1v) is 6.04. The molecule has 1 aliphatic heterocycles. The zero-order valence-electron chi connectivity index (χ0n) is 9.72. The van der Waals surface area contributed by atoms with E-state index in [0.717, 1.165) is 31.6 Å². The Balaban J connectivity index is 1.75. The van der Waals surface area contributed by atoms with E-state index in [1.165, 1.54) is 18.9 Å². The molecule has 1 heterocycles. The van der Waals surface area contributed by atoms with E-state index in [1.807, 2.05) is 0 Å². The Morgan fingerprint density at radius 3 is 2.88 bits per heavy atom. The molecule has 0 radical (unpaired) electrons. The first-order valence-electron chi connectivity index (χ1n) is 6.04. The van der Waals surface area contributed by atoms with Crippen LogP contribution in [-0.2, 0) is 0 Å². The maximum atomic E-state index is 12.9. The van der Waals surface area contributed by atoms with Crippen LogP contribution in [0, 0.1) is 17.6 Å². The molecule has 1 fully saturated rings. The standard InChI is InChI=1S/C13H17F2NO/c14-12-4-3-11(8-13(12)15)17-7-5-10-2-1-6-16-9-10/h3-4,8,10,16H,1-2,5-7,9H2/t10-/m0/s1. The molecule has 2 nitrogen and oxygen atoms in total. The predicted octanol–water partition coefficient (Wildman–Crippen LogP) is 2.73. The molecule has 2 rings (SSSR count). The van der Waals surface area contributed by atoms with E-state index in [4.69, 9.17) is 4.74 Å². The van der Waals surface area contributed by atoms with Gasteiger partial charge in [0.15, 0.2) is 11.6 Å². The minimum absolute atomic E-state index is 0.396. The summed E-state index contributed by atoms with van der Waals surface area (Å²) in [4.78, 5) is 0. The van der Waals surface area contributed by atoms with Crippen molar-refractivity contribution in [2.45, 2.75) is 19.3 Å². The number of hydrogen-bond donors (Lipinski definition) is 1. The summed E-state index contributed by atoms with van der Waals surface area (Å²) in [5.74, 6) is -0.669. The number of nitrogens with one attached hydrogen (secondary N) is 1. The quantitative estimate of drug-likeness (QED) is 0.875. The molecule has 1 atom stereocenters. The summed E-state index contributed by atoms with van der Waals surface area (Å²) in [7, 11) is 0. The average molecular weight is 241 g/mol. The second-order valence-corrected chi connectivity index (χ2v) is 4.43. The van der Waals surface area contributed by atoms with Crippen LogP contribution in [0.2, 0.25) is 0 Å². The van der Waals surface area contributed by atoms with E-state index >= 15 is 0 Å². The number of ether oxygens (including phenoxy) is 1. The Morgan fingerprint density at radius 2 is 2.18 bits per heavy atom. The lowest BCUT2D eigenvalue weighted by atomic mass is 9.97. The fraction of sp³-hybridized carbons (Fsp3) is 0.538. The van der Waals surface area contributed by atoms with Crippen molar-refractivity contribution in [1.82, 2.24) is 5.32 Å². The maximum absolute atomic E-state index is 12.9. The molecule has 0 amide bonds. The third-order valence-corrected chi connectivity index (χ3v) is 3.08. The van der Waals surface area contributed by atoms with Crippen LogP contribution in [0.3, 0.4) is 0 Å². The van der Waals surface area contributed by atoms with Crippen molar-refractivity contribution in [3.05, 3.63) is 29.8 Å². The lowest BCUT2D eigenvalue weighted by molar-refractivity contribution is 0.253. The van der Waals surface area contributed by atoms with Gasteiger partial charge in [0.25, 0.3) is 0 Å². The van der Waals surface area contributed by atoms with Gasteiger partial charge in [-0.25, -0.2) is 8.78 Å². The summed E-state index contributed by atoms with van der Waals surface area (Å²) in [6, 6.07) is 3.64. The van der Waals surface area contributed by atoms with Crippen LogP contribution in [0.5, 0.6) is 5.75 Å². The molecule has 1 aromatic rings. The van der Waals surface area contributed by atoms with Crippen molar-refractivity contribution >= 4 is 0 Å². The minimum atomic E-state index is -0.859. The lowest BCUT2D eigenvalue weighted by Gasteiger charge is -2.22. The Labute approximate surface area is 100.0 Å². The highest BCUT2D eigenvalue weighted by Gasteiger charge is 2.12. The van der Waals surface area contributed by atoms with Gasteiger partial charge in [-0.2, -0.15) is 0 Å². The largest absolute Gasteiger partial charge is 0.493 e. The van der Waals surface area contributed by atoms with Gasteiger partial charge in [-0.15, -0.1) is 0 Å². The maximum Gasteiger partial charge on any atom is 0.162 e. The molecule has 1 aliphatic rings. The molecule has 0 aliphatic carbocycles. The van der Waals surface area contributed by atoms with Gasteiger partial charge >= 0.3 is 0 Å². The Hall–Kier alpha value is -1.16. The molecule has 4 heteroatoms. The molecule has 0 spiro atoms. The molecular weight excluding hydrogens is 224 g/mol. The van der Waals surface area contributed by atoms with E-state index in [2.05, 4.69) is 5.32 Å². The third-order valence-electron chi connectivity index (χ3n) is 3.08. The first kappa shape index (κ1) is 12.3. The van der Waals surface area contributed by atoms with Crippen molar-refractivity contribution in [1.29, 1.82) is 0 Å². The molecule has 17 heavy (non-hydrogen) atoms. The third kappa shape index (κ3) is 3.66. The molecular formula is C13H17F2NO. The van der Waals surface area contributed by atoms with Crippen molar-refractivity contribution in [2.24, 2.45) is 5.92 Å². The monoisotopic (exact) mass is 241 g/mol. The molecule has 0 saturated carbocycles. The van der Waals surface area contributed by atoms with Gasteiger partial charge in [-0.3, -0.25) is 0 Å². The van der Waals surface area contributed by atoms with Gasteiger partial charge in [0.1, 0.15) is 5.75 Å². The Bertz CT molecular complexity index is 364. The molecule has 0 bridgehead atoms. The molecule has 1 saturated heterocycles. The zero-order valence-corrected chi connectivity index (χ0v) is 9.72. The van der Waals surface area contributed by atoms with E-state index in [-0.39, 0.29) is 0 Å². The van der Waals surface area contributed by atoms with Crippen molar-refractivity contribution < 1.29 is 13.5 Å². The van der Waals surface area contributed by atoms with Gasteiger partial charge in [0.05, 0.1) is 6.61 Å². The molecule has 1 aromatic carbocycles. The first-order chi connectivity index (χ1) is 8.25. The summed E-state index contributed by atoms with van der Waals surface area (Å²) in [5, 5.41) is 3.33. The van der Waals surface area contributed by atoms with Crippen LogP contribution < -0.4 is 10.1 Å². The number of halogens is 2. The minimum Gasteiger partial charge on any atom is -0.493 e. The highest BCUT2D eigenvalue weighted by molar-refractivity contribution is 5.23. The molecule has 0 aromatic heterocycles. The lowest BCUT2D eigenvalue weighted by Crippen LogP contribution is -2.30. The van der Waals surface area contributed by atoms with Crippen molar-refractivity contribution in [3.8, 4) is 5.75 Å². The second kappa shape index (κ2) is 5.96. The summed E-state index contributed by atoms with van der Waals surface area (Å²) in [5.41, 5.74) is 0. The van der Waals surface area contributed by atoms with E-state index in [9.17, 15) is 8.78 Å². The van der Waals surface area contributed by atoms with Crippen LogP contribution in [0.1, 0.15) is 19.3 Å². The summed E-state index contributed by atoms with van der Waals surface area (Å²) < 4.78 is 31.0. The number of hydrogen-bond acceptors (Lipinski definition) is 2. The summed E-state index contributed by atoms with van der Waals surface area (Å²) in [6.07, 6.45) is 3.37. The van der Waals surface area contributed by atoms with Gasteiger partial charge in [-0.05, 0) is 50.4 Å². The SMILES string of the molecule is Fc1ccc(OCC[C@@H]2CCCNC2)cc1F. The highest BCUT2D eigenvalue weighted by atomic mass is 19.2. The van der Waals surface area contributed by atoms with Crippen molar-refractivity contribution in [3.63, 3.8) is 0 Å². The van der Waals surface area contributed by atoms with E-state index in [0.29, 0.717) is 18.3 Å². The molecule has 0 unspecified atom stereocenters. The van der Waals surface area contributed by atoms with Crippen LogP contribution in [-0.4, -0.2) is 19.7 Å². The van der Waals surface area contributed by atoms with Gasteiger partial charge in [0.2, 0.25) is 0 Å². The predicted molar refractivity (Wildman–Crippen MR) is 62.1 cm³/mol. The number of benzene rings is 1. The smallest absolute Gasteiger partial charge is 0.162 e. The normalized spacial score (nSPS) is 20.2. The second-order valence-electron chi connectivity index (χ2n) is 4.43. The fourth-order valence-electron chi connectivity index (χ4n) is 2.08. The van der Waals surface area contributed by atoms with Gasteiger partial charge in [-0.1, -0.05) is 0 Å². The zero-order chi connectivity index (χ0) is 12.1. The fourth-order valence-corrected chi connectivity index (χ4v) is 2.08. The van der Waals surface area contributed by atoms with Gasteiger partial charge in [0, 0.05) is 6.07 Å². The number of piperidine rings is 1. The average Bonchev–Trinajstić information content (AvgIpc) is 2.35. The van der Waals surface area contributed by atoms with E-state index < -0.39 is 11.6 Å². The number of rotatable bonds is 4. The summed E-state index contributed by atoms with van der Waals surface area (Å²) in [6.45, 7) is 2.68. The van der Waals surface area contributed by atoms with Crippen LogP contribution in [0.25, 0.3) is 0 Å². The van der Waals surface area contributed by atoms with Crippen molar-refractivity contribution in [2.75, 3.05) is 19.7 Å².